The molecule has 4 heteroatoms. The number of hydrogen-bond donors (Lipinski definition) is 0. The number of thioether (sulfide) groups is 2. The third-order valence-electron chi connectivity index (χ3n) is 4.44. The predicted octanol–water partition coefficient (Wildman–Crippen LogP) is 3.78. The molecule has 0 amide bonds. The van der Waals surface area contributed by atoms with Crippen LogP contribution in [0.5, 0.6) is 0 Å². The number of ketones is 1. The Balaban J connectivity index is 1.84. The lowest BCUT2D eigenvalue weighted by Crippen LogP contribution is -2.44. The summed E-state index contributed by atoms with van der Waals surface area (Å²) in [5, 5.41) is 0.601. The fourth-order valence-electron chi connectivity index (χ4n) is 2.85. The number of carbonyl (C=O) groups is 1. The zero-order chi connectivity index (χ0) is 13.7. The zero-order valence-corrected chi connectivity index (χ0v) is 13.8. The molecule has 0 aromatic heterocycles. The highest BCUT2D eigenvalue weighted by atomic mass is 32.2. The predicted molar refractivity (Wildman–Crippen MR) is 85.2 cm³/mol. The number of ether oxygens (including phenoxy) is 1. The Labute approximate surface area is 125 Å². The molecule has 0 aromatic carbocycles. The first-order chi connectivity index (χ1) is 9.15. The fourth-order valence-corrected chi connectivity index (χ4v) is 5.01. The summed E-state index contributed by atoms with van der Waals surface area (Å²) in [6, 6.07) is 0. The average Bonchev–Trinajstić information content (AvgIpc) is 2.45. The molecule has 2 heterocycles. The Morgan fingerprint density at radius 1 is 1.47 bits per heavy atom. The summed E-state index contributed by atoms with van der Waals surface area (Å²) >= 11 is 3.84. The van der Waals surface area contributed by atoms with Crippen molar-refractivity contribution in [3.05, 3.63) is 0 Å². The minimum absolute atomic E-state index is 0.0465. The summed E-state index contributed by atoms with van der Waals surface area (Å²) in [5.41, 5.74) is 0.0465. The van der Waals surface area contributed by atoms with Crippen LogP contribution in [-0.4, -0.2) is 40.5 Å². The molecule has 2 atom stereocenters. The van der Waals surface area contributed by atoms with Crippen molar-refractivity contribution < 1.29 is 9.53 Å². The van der Waals surface area contributed by atoms with Crippen LogP contribution in [0.4, 0.5) is 0 Å². The maximum absolute atomic E-state index is 12.4. The molecule has 0 N–H and O–H groups in total. The molecule has 2 fully saturated rings. The van der Waals surface area contributed by atoms with Crippen LogP contribution in [0.15, 0.2) is 0 Å². The van der Waals surface area contributed by atoms with E-state index in [1.807, 2.05) is 23.5 Å². The monoisotopic (exact) mass is 302 g/mol. The first-order valence-electron chi connectivity index (χ1n) is 7.51. The Morgan fingerprint density at radius 2 is 2.21 bits per heavy atom. The van der Waals surface area contributed by atoms with E-state index >= 15 is 0 Å². The van der Waals surface area contributed by atoms with Crippen LogP contribution in [0.3, 0.4) is 0 Å². The molecular weight excluding hydrogens is 276 g/mol. The van der Waals surface area contributed by atoms with Gasteiger partial charge in [0.05, 0.1) is 11.4 Å². The summed E-state index contributed by atoms with van der Waals surface area (Å²) in [4.78, 5) is 12.4. The Kier molecular flexibility index (Phi) is 6.10. The van der Waals surface area contributed by atoms with Gasteiger partial charge in [-0.2, -0.15) is 23.5 Å². The lowest BCUT2D eigenvalue weighted by Gasteiger charge is -2.43. The maximum atomic E-state index is 12.4. The molecule has 0 bridgehead atoms. The van der Waals surface area contributed by atoms with Crippen LogP contribution >= 0.6 is 23.5 Å². The molecule has 110 valence electrons. The van der Waals surface area contributed by atoms with E-state index in [-0.39, 0.29) is 11.5 Å². The van der Waals surface area contributed by atoms with Crippen molar-refractivity contribution in [3.8, 4) is 0 Å². The van der Waals surface area contributed by atoms with Crippen LogP contribution in [0, 0.1) is 5.92 Å². The normalized spacial score (nSPS) is 28.2. The third-order valence-corrected chi connectivity index (χ3v) is 6.78. The van der Waals surface area contributed by atoms with E-state index in [1.165, 1.54) is 11.5 Å². The minimum atomic E-state index is 0.0465. The van der Waals surface area contributed by atoms with E-state index in [0.717, 1.165) is 38.7 Å². The van der Waals surface area contributed by atoms with Gasteiger partial charge in [0.25, 0.3) is 0 Å². The third kappa shape index (κ3) is 4.40. The van der Waals surface area contributed by atoms with Crippen molar-refractivity contribution in [2.24, 2.45) is 5.92 Å². The molecule has 0 aliphatic carbocycles. The second-order valence-electron chi connectivity index (χ2n) is 5.83. The summed E-state index contributed by atoms with van der Waals surface area (Å²) in [7, 11) is 0. The van der Waals surface area contributed by atoms with Gasteiger partial charge in [0.2, 0.25) is 0 Å². The Bertz CT molecular complexity index is 295. The van der Waals surface area contributed by atoms with Crippen molar-refractivity contribution in [3.63, 3.8) is 0 Å². The second-order valence-corrected chi connectivity index (χ2v) is 8.48. The van der Waals surface area contributed by atoms with Gasteiger partial charge in [0.1, 0.15) is 5.78 Å². The Hall–Kier alpha value is 0.330. The molecule has 2 nitrogen and oxygen atoms in total. The smallest absolute Gasteiger partial charge is 0.146 e. The molecule has 2 rings (SSSR count). The van der Waals surface area contributed by atoms with E-state index in [1.54, 1.807) is 0 Å². The topological polar surface area (TPSA) is 26.3 Å². The minimum Gasteiger partial charge on any atom is -0.375 e. The van der Waals surface area contributed by atoms with Crippen LogP contribution in [-0.2, 0) is 9.53 Å². The standard InChI is InChI=1S/C15H26O2S2/c1-3-12(2)19-11-14(16)13-4-7-17-15(10-13)5-8-18-9-6-15/h12-13H,3-11H2,1-2H3. The summed E-state index contributed by atoms with van der Waals surface area (Å²) < 4.78 is 6.06. The van der Waals surface area contributed by atoms with Crippen LogP contribution in [0.1, 0.15) is 46.0 Å². The average molecular weight is 303 g/mol. The molecule has 2 aliphatic heterocycles. The largest absolute Gasteiger partial charge is 0.375 e. The molecule has 1 spiro atoms. The van der Waals surface area contributed by atoms with E-state index in [0.29, 0.717) is 16.8 Å². The van der Waals surface area contributed by atoms with Crippen molar-refractivity contribution in [2.45, 2.75) is 56.8 Å². The molecule has 2 aliphatic rings. The van der Waals surface area contributed by atoms with Crippen molar-refractivity contribution in [1.82, 2.24) is 0 Å². The quantitative estimate of drug-likeness (QED) is 0.772. The summed E-state index contributed by atoms with van der Waals surface area (Å²) in [6.45, 7) is 5.18. The first kappa shape index (κ1) is 15.7. The van der Waals surface area contributed by atoms with E-state index in [9.17, 15) is 4.79 Å². The number of hydrogen-bond acceptors (Lipinski definition) is 4. The van der Waals surface area contributed by atoms with Crippen LogP contribution in [0.2, 0.25) is 0 Å². The van der Waals surface area contributed by atoms with Crippen molar-refractivity contribution in [1.29, 1.82) is 0 Å². The van der Waals surface area contributed by atoms with Gasteiger partial charge < -0.3 is 4.74 Å². The second kappa shape index (κ2) is 7.37. The highest BCUT2D eigenvalue weighted by Gasteiger charge is 2.40. The van der Waals surface area contributed by atoms with Gasteiger partial charge in [-0.3, -0.25) is 4.79 Å². The molecule has 0 radical (unpaired) electrons. The Morgan fingerprint density at radius 3 is 2.89 bits per heavy atom. The van der Waals surface area contributed by atoms with Gasteiger partial charge in [-0.15, -0.1) is 0 Å². The molecule has 0 aromatic rings. The number of Topliss-reactive ketones (excluding diaryl/α,β-unsaturated/α-hetero) is 1. The zero-order valence-electron chi connectivity index (χ0n) is 12.2. The van der Waals surface area contributed by atoms with Crippen molar-refractivity contribution >= 4 is 29.3 Å². The molecule has 2 unspecified atom stereocenters. The van der Waals surface area contributed by atoms with Crippen molar-refractivity contribution in [2.75, 3.05) is 23.9 Å². The van der Waals surface area contributed by atoms with Gasteiger partial charge in [0, 0.05) is 17.8 Å². The molecule has 19 heavy (non-hydrogen) atoms. The van der Waals surface area contributed by atoms with Crippen LogP contribution < -0.4 is 0 Å². The van der Waals surface area contributed by atoms with Gasteiger partial charge in [-0.05, 0) is 43.6 Å². The fraction of sp³-hybridized carbons (Fsp3) is 0.933. The highest BCUT2D eigenvalue weighted by molar-refractivity contribution is 8.00. The van der Waals surface area contributed by atoms with Gasteiger partial charge in [0.15, 0.2) is 0 Å². The lowest BCUT2D eigenvalue weighted by molar-refractivity contribution is -0.136. The maximum Gasteiger partial charge on any atom is 0.146 e. The van der Waals surface area contributed by atoms with Gasteiger partial charge in [-0.25, -0.2) is 0 Å². The van der Waals surface area contributed by atoms with E-state index < -0.39 is 0 Å². The molecule has 2 saturated heterocycles. The van der Waals surface area contributed by atoms with Gasteiger partial charge in [-0.1, -0.05) is 13.8 Å². The van der Waals surface area contributed by atoms with E-state index in [2.05, 4.69) is 13.8 Å². The summed E-state index contributed by atoms with van der Waals surface area (Å²) in [5.74, 6) is 3.81. The first-order valence-corrected chi connectivity index (χ1v) is 9.71. The van der Waals surface area contributed by atoms with Gasteiger partial charge >= 0.3 is 0 Å². The number of rotatable bonds is 5. The molecule has 0 saturated carbocycles. The summed E-state index contributed by atoms with van der Waals surface area (Å²) in [6.07, 6.45) is 5.34. The lowest BCUT2D eigenvalue weighted by atomic mass is 9.80. The number of carbonyl (C=O) groups excluding carboxylic acids is 1. The van der Waals surface area contributed by atoms with E-state index in [4.69, 9.17) is 4.74 Å². The highest BCUT2D eigenvalue weighted by Crippen LogP contribution is 2.40. The molecular formula is C15H26O2S2. The SMILES string of the molecule is CCC(C)SCC(=O)C1CCOC2(CCSCC2)C1. The van der Waals surface area contributed by atoms with Crippen LogP contribution in [0.25, 0.3) is 0 Å².